The summed E-state index contributed by atoms with van der Waals surface area (Å²) in [5, 5.41) is 7.58. The van der Waals surface area contributed by atoms with Gasteiger partial charge in [0.05, 0.1) is 19.7 Å². The van der Waals surface area contributed by atoms with E-state index in [2.05, 4.69) is 10.3 Å². The van der Waals surface area contributed by atoms with E-state index >= 15 is 0 Å². The maximum Gasteiger partial charge on any atom is 0.343 e. The molecule has 8 heteroatoms. The first-order valence-corrected chi connectivity index (χ1v) is 8.91. The Labute approximate surface area is 158 Å². The topological polar surface area (TPSA) is 77.5 Å². The van der Waals surface area contributed by atoms with Crippen LogP contribution in [0.15, 0.2) is 35.0 Å². The molecule has 0 aliphatic rings. The molecule has 0 saturated carbocycles. The van der Waals surface area contributed by atoms with Gasteiger partial charge in [-0.1, -0.05) is 11.6 Å². The number of amides is 1. The minimum absolute atomic E-state index is 0.150. The lowest BCUT2D eigenvalue weighted by Crippen LogP contribution is -2.22. The number of aromatic nitrogens is 1. The highest BCUT2D eigenvalue weighted by molar-refractivity contribution is 7.08. The summed E-state index contributed by atoms with van der Waals surface area (Å²) < 4.78 is 9.98. The lowest BCUT2D eigenvalue weighted by atomic mass is 10.1. The van der Waals surface area contributed by atoms with Crippen LogP contribution in [0.25, 0.3) is 10.9 Å². The number of nitrogens with zero attached hydrogens (tertiary/aromatic N) is 1. The molecule has 0 radical (unpaired) electrons. The molecule has 2 aromatic heterocycles. The van der Waals surface area contributed by atoms with Crippen LogP contribution in [0, 0.1) is 0 Å². The number of hydrogen-bond donors (Lipinski definition) is 1. The fourth-order valence-corrected chi connectivity index (χ4v) is 3.41. The second kappa shape index (κ2) is 7.72. The molecule has 0 saturated heterocycles. The number of carbonyl (C=O) groups is 2. The number of benzene rings is 1. The van der Waals surface area contributed by atoms with Crippen LogP contribution in [0.5, 0.6) is 5.88 Å². The SMILES string of the molecule is COC(=O)c1cc2cc(Cl)cc(CNC(=O)c3ccsc3)c2nc1OC. The van der Waals surface area contributed by atoms with E-state index in [4.69, 9.17) is 21.1 Å². The van der Waals surface area contributed by atoms with Gasteiger partial charge in [0, 0.05) is 27.9 Å². The van der Waals surface area contributed by atoms with Crippen LogP contribution < -0.4 is 10.1 Å². The molecule has 1 amide bonds. The molecule has 134 valence electrons. The zero-order chi connectivity index (χ0) is 18.7. The Balaban J connectivity index is 1.99. The van der Waals surface area contributed by atoms with E-state index in [1.165, 1.54) is 25.6 Å². The maximum atomic E-state index is 12.2. The average Bonchev–Trinajstić information content (AvgIpc) is 3.18. The van der Waals surface area contributed by atoms with Gasteiger partial charge in [0.2, 0.25) is 5.88 Å². The van der Waals surface area contributed by atoms with Gasteiger partial charge >= 0.3 is 5.97 Å². The summed E-state index contributed by atoms with van der Waals surface area (Å²) in [7, 11) is 2.71. The zero-order valence-electron chi connectivity index (χ0n) is 14.0. The van der Waals surface area contributed by atoms with Gasteiger partial charge in [0.1, 0.15) is 5.56 Å². The first kappa shape index (κ1) is 18.2. The van der Waals surface area contributed by atoms with E-state index in [0.29, 0.717) is 27.1 Å². The molecule has 1 aromatic carbocycles. The number of thiophene rings is 1. The van der Waals surface area contributed by atoms with Gasteiger partial charge in [0.15, 0.2) is 0 Å². The lowest BCUT2D eigenvalue weighted by Gasteiger charge is -2.12. The van der Waals surface area contributed by atoms with E-state index in [1.54, 1.807) is 29.6 Å². The molecule has 3 rings (SSSR count). The number of ether oxygens (including phenoxy) is 2. The highest BCUT2D eigenvalue weighted by atomic mass is 35.5. The second-order valence-corrected chi connectivity index (χ2v) is 6.58. The molecule has 0 atom stereocenters. The van der Waals surface area contributed by atoms with E-state index in [-0.39, 0.29) is 23.9 Å². The number of halogens is 1. The largest absolute Gasteiger partial charge is 0.480 e. The number of pyridine rings is 1. The number of esters is 1. The van der Waals surface area contributed by atoms with Gasteiger partial charge in [-0.2, -0.15) is 11.3 Å². The smallest absolute Gasteiger partial charge is 0.343 e. The van der Waals surface area contributed by atoms with E-state index in [1.807, 2.05) is 5.38 Å². The number of rotatable bonds is 5. The Morgan fingerprint density at radius 1 is 1.27 bits per heavy atom. The summed E-state index contributed by atoms with van der Waals surface area (Å²) in [5.74, 6) is -0.585. The Morgan fingerprint density at radius 2 is 2.08 bits per heavy atom. The van der Waals surface area contributed by atoms with Crippen LogP contribution in [0.3, 0.4) is 0 Å². The van der Waals surface area contributed by atoms with Gasteiger partial charge in [-0.25, -0.2) is 9.78 Å². The molecule has 0 aliphatic carbocycles. The number of methoxy groups -OCH3 is 2. The highest BCUT2D eigenvalue weighted by Gasteiger charge is 2.18. The summed E-state index contributed by atoms with van der Waals surface area (Å²) >= 11 is 7.64. The van der Waals surface area contributed by atoms with Crippen molar-refractivity contribution in [3.8, 4) is 5.88 Å². The number of fused-ring (bicyclic) bond motifs is 1. The standard InChI is InChI=1S/C18H15ClN2O4S/c1-24-17-14(18(23)25-2)7-11-5-13(19)6-12(15(11)21-17)8-20-16(22)10-3-4-26-9-10/h3-7,9H,8H2,1-2H3,(H,20,22). The van der Waals surface area contributed by atoms with Crippen LogP contribution in [0.4, 0.5) is 0 Å². The molecule has 0 aliphatic heterocycles. The number of hydrogen-bond acceptors (Lipinski definition) is 6. The molecule has 0 fully saturated rings. The van der Waals surface area contributed by atoms with Gasteiger partial charge in [-0.05, 0) is 35.2 Å². The van der Waals surface area contributed by atoms with Crippen LogP contribution >= 0.6 is 22.9 Å². The second-order valence-electron chi connectivity index (χ2n) is 5.37. The van der Waals surface area contributed by atoms with Crippen molar-refractivity contribution in [2.45, 2.75) is 6.54 Å². The first-order chi connectivity index (χ1) is 12.5. The highest BCUT2D eigenvalue weighted by Crippen LogP contribution is 2.28. The molecule has 3 aromatic rings. The van der Waals surface area contributed by atoms with E-state index in [9.17, 15) is 9.59 Å². The van der Waals surface area contributed by atoms with Gasteiger partial charge in [0.25, 0.3) is 5.91 Å². The van der Waals surface area contributed by atoms with Crippen molar-refractivity contribution < 1.29 is 19.1 Å². The van der Waals surface area contributed by atoms with Crippen molar-refractivity contribution in [1.82, 2.24) is 10.3 Å². The first-order valence-electron chi connectivity index (χ1n) is 7.59. The van der Waals surface area contributed by atoms with Crippen molar-refractivity contribution in [2.75, 3.05) is 14.2 Å². The van der Waals surface area contributed by atoms with Crippen LogP contribution in [-0.2, 0) is 11.3 Å². The third-order valence-electron chi connectivity index (χ3n) is 3.75. The van der Waals surface area contributed by atoms with E-state index in [0.717, 1.165) is 0 Å². The number of nitrogens with one attached hydrogen (secondary N) is 1. The predicted octanol–water partition coefficient (Wildman–Crippen LogP) is 3.67. The molecular weight excluding hydrogens is 376 g/mol. The van der Waals surface area contributed by atoms with Gasteiger partial charge < -0.3 is 14.8 Å². The van der Waals surface area contributed by atoms with Crippen molar-refractivity contribution >= 4 is 45.7 Å². The zero-order valence-corrected chi connectivity index (χ0v) is 15.6. The number of carbonyl (C=O) groups excluding carboxylic acids is 2. The Hall–Kier alpha value is -2.64. The predicted molar refractivity (Wildman–Crippen MR) is 100 cm³/mol. The van der Waals surface area contributed by atoms with E-state index < -0.39 is 5.97 Å². The Kier molecular flexibility index (Phi) is 5.39. The van der Waals surface area contributed by atoms with Gasteiger partial charge in [-0.15, -0.1) is 0 Å². The van der Waals surface area contributed by atoms with Crippen LogP contribution in [0.2, 0.25) is 5.02 Å². The summed E-state index contributed by atoms with van der Waals surface area (Å²) in [6.07, 6.45) is 0. The summed E-state index contributed by atoms with van der Waals surface area (Å²) in [6.45, 7) is 0.236. The molecular formula is C18H15ClN2O4S. The van der Waals surface area contributed by atoms with Gasteiger partial charge in [-0.3, -0.25) is 4.79 Å². The summed E-state index contributed by atoms with van der Waals surface area (Å²) in [5.41, 5.74) is 2.10. The fourth-order valence-electron chi connectivity index (χ4n) is 2.52. The van der Waals surface area contributed by atoms with Crippen molar-refractivity contribution in [3.63, 3.8) is 0 Å². The van der Waals surface area contributed by atoms with Crippen LogP contribution in [0.1, 0.15) is 26.3 Å². The Bertz CT molecular complexity index is 973. The third kappa shape index (κ3) is 3.63. The fraction of sp³-hybridized carbons (Fsp3) is 0.167. The molecule has 1 N–H and O–H groups in total. The Morgan fingerprint density at radius 3 is 2.73 bits per heavy atom. The quantitative estimate of drug-likeness (QED) is 0.672. The molecule has 2 heterocycles. The van der Waals surface area contributed by atoms with Crippen molar-refractivity contribution in [1.29, 1.82) is 0 Å². The normalized spacial score (nSPS) is 10.6. The molecule has 0 spiro atoms. The molecule has 0 bridgehead atoms. The van der Waals surface area contributed by atoms with Crippen molar-refractivity contribution in [2.24, 2.45) is 0 Å². The van der Waals surface area contributed by atoms with Crippen LogP contribution in [-0.4, -0.2) is 31.1 Å². The lowest BCUT2D eigenvalue weighted by molar-refractivity contribution is 0.0596. The third-order valence-corrected chi connectivity index (χ3v) is 4.65. The molecule has 26 heavy (non-hydrogen) atoms. The molecule has 6 nitrogen and oxygen atoms in total. The maximum absolute atomic E-state index is 12.2. The minimum Gasteiger partial charge on any atom is -0.480 e. The monoisotopic (exact) mass is 390 g/mol. The minimum atomic E-state index is -0.552. The van der Waals surface area contributed by atoms with Crippen molar-refractivity contribution in [3.05, 3.63) is 56.7 Å². The summed E-state index contributed by atoms with van der Waals surface area (Å²) in [4.78, 5) is 28.5. The summed E-state index contributed by atoms with van der Waals surface area (Å²) in [6, 6.07) is 6.78. The average molecular weight is 391 g/mol. The molecule has 0 unspecified atom stereocenters.